The molecule has 0 atom stereocenters. The van der Waals surface area contributed by atoms with Crippen LogP contribution in [0, 0.1) is 11.6 Å². The molecule has 0 saturated heterocycles. The van der Waals surface area contributed by atoms with Crippen molar-refractivity contribution in [1.82, 2.24) is 14.8 Å². The van der Waals surface area contributed by atoms with Gasteiger partial charge in [-0.15, -0.1) is 0 Å². The Morgan fingerprint density at radius 3 is 2.72 bits per heavy atom. The van der Waals surface area contributed by atoms with E-state index < -0.39 is 34.6 Å². The fourth-order valence-corrected chi connectivity index (χ4v) is 3.03. The summed E-state index contributed by atoms with van der Waals surface area (Å²) in [6, 6.07) is 2.92. The maximum atomic E-state index is 13.7. The standard InChI is InChI=1S/C20H19F2N3O4/c1-2-3-6-24-7-8-25-11-14(17(26)18(27)16(25)20(24)29)19(28)23-10-12-4-5-13(21)9-15(12)22/h2-5,9,11,27H,6-8,10H2,1H3,(H,23,28)/b3-2-. The number of carbonyl (C=O) groups excluding carboxylic acids is 2. The maximum absolute atomic E-state index is 13.7. The second kappa shape index (κ2) is 8.26. The number of aromatic nitrogens is 1. The highest BCUT2D eigenvalue weighted by Gasteiger charge is 2.30. The van der Waals surface area contributed by atoms with E-state index in [2.05, 4.69) is 5.32 Å². The molecule has 0 unspecified atom stereocenters. The summed E-state index contributed by atoms with van der Waals surface area (Å²) in [5.41, 5.74) is -1.50. The Morgan fingerprint density at radius 1 is 1.28 bits per heavy atom. The molecule has 2 aromatic rings. The summed E-state index contributed by atoms with van der Waals surface area (Å²) in [7, 11) is 0. The first kappa shape index (κ1) is 20.2. The molecular weight excluding hydrogens is 384 g/mol. The molecule has 1 aromatic carbocycles. The Hall–Kier alpha value is -3.49. The highest BCUT2D eigenvalue weighted by Crippen LogP contribution is 2.20. The van der Waals surface area contributed by atoms with Crippen molar-refractivity contribution in [3.8, 4) is 5.75 Å². The van der Waals surface area contributed by atoms with Gasteiger partial charge in [-0.2, -0.15) is 0 Å². The van der Waals surface area contributed by atoms with Crippen LogP contribution in [0.1, 0.15) is 33.3 Å². The second-order valence-corrected chi connectivity index (χ2v) is 6.50. The number of halogens is 2. The van der Waals surface area contributed by atoms with Crippen molar-refractivity contribution >= 4 is 11.8 Å². The Morgan fingerprint density at radius 2 is 2.03 bits per heavy atom. The van der Waals surface area contributed by atoms with Crippen molar-refractivity contribution in [3.05, 3.63) is 75.2 Å². The number of hydrogen-bond acceptors (Lipinski definition) is 4. The highest BCUT2D eigenvalue weighted by atomic mass is 19.1. The number of allylic oxidation sites excluding steroid dienone is 1. The zero-order valence-electron chi connectivity index (χ0n) is 15.6. The molecule has 2 amide bonds. The minimum atomic E-state index is -0.991. The quantitative estimate of drug-likeness (QED) is 0.745. The number of amides is 2. The number of hydrogen-bond donors (Lipinski definition) is 2. The third kappa shape index (κ3) is 4.03. The molecule has 0 radical (unpaired) electrons. The van der Waals surface area contributed by atoms with E-state index in [1.807, 2.05) is 6.92 Å². The lowest BCUT2D eigenvalue weighted by atomic mass is 10.1. The highest BCUT2D eigenvalue weighted by molar-refractivity contribution is 5.99. The summed E-state index contributed by atoms with van der Waals surface area (Å²) in [5, 5.41) is 12.6. The van der Waals surface area contributed by atoms with Crippen LogP contribution in [0.15, 0.2) is 41.3 Å². The van der Waals surface area contributed by atoms with Crippen LogP contribution < -0.4 is 10.7 Å². The van der Waals surface area contributed by atoms with Crippen LogP contribution in [0.5, 0.6) is 5.75 Å². The molecule has 7 nitrogen and oxygen atoms in total. The molecule has 0 bridgehead atoms. The lowest BCUT2D eigenvalue weighted by molar-refractivity contribution is 0.0716. The van der Waals surface area contributed by atoms with Gasteiger partial charge in [0, 0.05) is 44.0 Å². The Bertz CT molecular complexity index is 1060. The zero-order valence-corrected chi connectivity index (χ0v) is 15.6. The van der Waals surface area contributed by atoms with E-state index >= 15 is 0 Å². The van der Waals surface area contributed by atoms with Crippen molar-refractivity contribution in [3.63, 3.8) is 0 Å². The molecule has 2 heterocycles. The first-order valence-electron chi connectivity index (χ1n) is 8.92. The zero-order chi connectivity index (χ0) is 21.1. The largest absolute Gasteiger partial charge is 0.503 e. The monoisotopic (exact) mass is 403 g/mol. The summed E-state index contributed by atoms with van der Waals surface area (Å²) in [4.78, 5) is 38.9. The van der Waals surface area contributed by atoms with Crippen molar-refractivity contribution < 1.29 is 23.5 Å². The van der Waals surface area contributed by atoms with Crippen LogP contribution in [-0.4, -0.2) is 39.5 Å². The van der Waals surface area contributed by atoms with E-state index in [4.69, 9.17) is 0 Å². The van der Waals surface area contributed by atoms with Gasteiger partial charge < -0.3 is 19.9 Å². The number of carbonyl (C=O) groups is 2. The van der Waals surface area contributed by atoms with E-state index in [-0.39, 0.29) is 23.4 Å². The first-order chi connectivity index (χ1) is 13.8. The molecule has 0 saturated carbocycles. The van der Waals surface area contributed by atoms with E-state index in [0.717, 1.165) is 6.07 Å². The van der Waals surface area contributed by atoms with Gasteiger partial charge >= 0.3 is 0 Å². The van der Waals surface area contributed by atoms with E-state index in [1.54, 1.807) is 12.2 Å². The number of nitrogens with zero attached hydrogens (tertiary/aromatic N) is 2. The van der Waals surface area contributed by atoms with E-state index in [0.29, 0.717) is 25.7 Å². The predicted molar refractivity (Wildman–Crippen MR) is 101 cm³/mol. The molecule has 0 fully saturated rings. The number of benzene rings is 1. The minimum Gasteiger partial charge on any atom is -0.503 e. The molecule has 0 spiro atoms. The average Bonchev–Trinajstić information content (AvgIpc) is 2.69. The number of aromatic hydroxyl groups is 1. The number of fused-ring (bicyclic) bond motifs is 1. The molecule has 2 N–H and O–H groups in total. The van der Waals surface area contributed by atoms with Gasteiger partial charge in [-0.25, -0.2) is 8.78 Å². The van der Waals surface area contributed by atoms with Crippen LogP contribution in [0.2, 0.25) is 0 Å². The summed E-state index contributed by atoms with van der Waals surface area (Å²) < 4.78 is 28.0. The lowest BCUT2D eigenvalue weighted by Gasteiger charge is -2.29. The normalized spacial score (nSPS) is 13.6. The molecule has 1 aliphatic rings. The van der Waals surface area contributed by atoms with Crippen molar-refractivity contribution in [2.45, 2.75) is 20.0 Å². The van der Waals surface area contributed by atoms with Crippen molar-refractivity contribution in [2.75, 3.05) is 13.1 Å². The Labute approximate surface area is 164 Å². The summed E-state index contributed by atoms with van der Waals surface area (Å²) in [6.45, 7) is 2.52. The average molecular weight is 403 g/mol. The molecule has 3 rings (SSSR count). The first-order valence-corrected chi connectivity index (χ1v) is 8.92. The minimum absolute atomic E-state index is 0.0387. The molecule has 0 aliphatic carbocycles. The molecule has 9 heteroatoms. The topological polar surface area (TPSA) is 91.6 Å². The van der Waals surface area contributed by atoms with Gasteiger partial charge in [-0.3, -0.25) is 14.4 Å². The Balaban J connectivity index is 1.84. The Kier molecular flexibility index (Phi) is 5.76. The van der Waals surface area contributed by atoms with Crippen LogP contribution in [-0.2, 0) is 13.1 Å². The van der Waals surface area contributed by atoms with Crippen LogP contribution in [0.25, 0.3) is 0 Å². The predicted octanol–water partition coefficient (Wildman–Crippen LogP) is 1.79. The maximum Gasteiger partial charge on any atom is 0.274 e. The van der Waals surface area contributed by atoms with E-state index in [9.17, 15) is 28.3 Å². The van der Waals surface area contributed by atoms with Crippen molar-refractivity contribution in [1.29, 1.82) is 0 Å². The van der Waals surface area contributed by atoms with E-state index in [1.165, 1.54) is 21.7 Å². The molecule has 29 heavy (non-hydrogen) atoms. The van der Waals surface area contributed by atoms with Gasteiger partial charge in [-0.1, -0.05) is 18.2 Å². The SMILES string of the molecule is C/C=C\CN1CCn2cc(C(=O)NCc3ccc(F)cc3F)c(=O)c(O)c2C1=O. The third-order valence-electron chi connectivity index (χ3n) is 4.62. The van der Waals surface area contributed by atoms with Gasteiger partial charge in [0.1, 0.15) is 17.2 Å². The van der Waals surface area contributed by atoms with Gasteiger partial charge in [0.2, 0.25) is 5.43 Å². The van der Waals surface area contributed by atoms with Crippen LogP contribution >= 0.6 is 0 Å². The van der Waals surface area contributed by atoms with Crippen molar-refractivity contribution in [2.24, 2.45) is 0 Å². The second-order valence-electron chi connectivity index (χ2n) is 6.50. The fourth-order valence-electron chi connectivity index (χ4n) is 3.03. The molecular formula is C20H19F2N3O4. The van der Waals surface area contributed by atoms with Crippen LogP contribution in [0.4, 0.5) is 8.78 Å². The molecule has 1 aliphatic heterocycles. The summed E-state index contributed by atoms with van der Waals surface area (Å²) in [5.74, 6) is -3.73. The number of nitrogens with one attached hydrogen (secondary N) is 1. The van der Waals surface area contributed by atoms with Gasteiger partial charge in [0.15, 0.2) is 11.4 Å². The summed E-state index contributed by atoms with van der Waals surface area (Å²) >= 11 is 0. The van der Waals surface area contributed by atoms with Gasteiger partial charge in [-0.05, 0) is 13.0 Å². The number of pyridine rings is 1. The molecule has 1 aromatic heterocycles. The number of rotatable bonds is 5. The van der Waals surface area contributed by atoms with Gasteiger partial charge in [0.25, 0.3) is 11.8 Å². The third-order valence-corrected chi connectivity index (χ3v) is 4.62. The lowest BCUT2D eigenvalue weighted by Crippen LogP contribution is -2.42. The smallest absolute Gasteiger partial charge is 0.274 e. The molecule has 152 valence electrons. The van der Waals surface area contributed by atoms with Crippen LogP contribution in [0.3, 0.4) is 0 Å². The van der Waals surface area contributed by atoms with Gasteiger partial charge in [0.05, 0.1) is 0 Å². The fraction of sp³-hybridized carbons (Fsp3) is 0.250. The summed E-state index contributed by atoms with van der Waals surface area (Å²) in [6.07, 6.45) is 4.77.